The molecule has 1 aromatic carbocycles. The molecule has 1 aromatic rings. The van der Waals surface area contributed by atoms with Crippen LogP contribution in [0.15, 0.2) is 18.2 Å². The molecule has 0 saturated carbocycles. The second kappa shape index (κ2) is 5.71. The molecule has 0 fully saturated rings. The van der Waals surface area contributed by atoms with Gasteiger partial charge >= 0.3 is 6.03 Å². The zero-order chi connectivity index (χ0) is 13.8. The molecule has 6 nitrogen and oxygen atoms in total. The van der Waals surface area contributed by atoms with E-state index in [1.807, 2.05) is 17.4 Å². The third kappa shape index (κ3) is 3.45. The summed E-state index contributed by atoms with van der Waals surface area (Å²) >= 11 is 0. The minimum Gasteiger partial charge on any atom is -0.484 e. The van der Waals surface area contributed by atoms with Gasteiger partial charge in [-0.15, -0.1) is 0 Å². The van der Waals surface area contributed by atoms with E-state index in [0.717, 1.165) is 24.8 Å². The van der Waals surface area contributed by atoms with E-state index in [1.165, 1.54) is 5.56 Å². The number of primary amides is 1. The van der Waals surface area contributed by atoms with Gasteiger partial charge in [-0.1, -0.05) is 6.07 Å². The molecule has 1 unspecified atom stereocenters. The van der Waals surface area contributed by atoms with Crippen LogP contribution in [0.25, 0.3) is 0 Å². The average Bonchev–Trinajstić information content (AvgIpc) is 2.36. The van der Waals surface area contributed by atoms with Gasteiger partial charge in [-0.25, -0.2) is 4.79 Å². The third-order valence-corrected chi connectivity index (χ3v) is 3.11. The smallest absolute Gasteiger partial charge is 0.318 e. The highest BCUT2D eigenvalue weighted by Crippen LogP contribution is 2.30. The summed E-state index contributed by atoms with van der Waals surface area (Å²) < 4.78 is 5.31. The standard InChI is InChI=1S/C13H17N3O3/c14-11-3-1-2-8-4-5-9(6-10(8)11)19-7-12(17)16-13(15)18/h4-6,11H,1-3,7,14H2,(H3,15,16,17,18). The second-order valence-corrected chi connectivity index (χ2v) is 4.56. The van der Waals surface area contributed by atoms with Crippen LogP contribution in [0.4, 0.5) is 4.79 Å². The molecule has 5 N–H and O–H groups in total. The summed E-state index contributed by atoms with van der Waals surface area (Å²) in [6.45, 7) is -0.253. The third-order valence-electron chi connectivity index (χ3n) is 3.11. The summed E-state index contributed by atoms with van der Waals surface area (Å²) in [5.74, 6) is -0.00904. The number of rotatable bonds is 3. The molecule has 3 amide bonds. The van der Waals surface area contributed by atoms with E-state index in [0.29, 0.717) is 5.75 Å². The van der Waals surface area contributed by atoms with Gasteiger partial charge in [0.1, 0.15) is 5.75 Å². The van der Waals surface area contributed by atoms with Crippen molar-refractivity contribution in [2.24, 2.45) is 11.5 Å². The molecule has 1 atom stereocenters. The van der Waals surface area contributed by atoms with E-state index < -0.39 is 11.9 Å². The van der Waals surface area contributed by atoms with E-state index >= 15 is 0 Å². The predicted molar refractivity (Wildman–Crippen MR) is 69.5 cm³/mol. The lowest BCUT2D eigenvalue weighted by Gasteiger charge is -2.22. The number of urea groups is 1. The molecule has 0 aromatic heterocycles. The highest BCUT2D eigenvalue weighted by atomic mass is 16.5. The van der Waals surface area contributed by atoms with Crippen LogP contribution >= 0.6 is 0 Å². The predicted octanol–water partition coefficient (Wildman–Crippen LogP) is 0.596. The second-order valence-electron chi connectivity index (χ2n) is 4.56. The van der Waals surface area contributed by atoms with Gasteiger partial charge in [0.05, 0.1) is 0 Å². The zero-order valence-electron chi connectivity index (χ0n) is 10.5. The van der Waals surface area contributed by atoms with Crippen molar-refractivity contribution in [2.45, 2.75) is 25.3 Å². The molecule has 2 rings (SSSR count). The summed E-state index contributed by atoms with van der Waals surface area (Å²) in [5, 5.41) is 1.93. The van der Waals surface area contributed by atoms with Crippen molar-refractivity contribution in [1.29, 1.82) is 0 Å². The van der Waals surface area contributed by atoms with E-state index in [1.54, 1.807) is 6.07 Å². The first-order chi connectivity index (χ1) is 9.06. The maximum absolute atomic E-state index is 11.2. The van der Waals surface area contributed by atoms with E-state index in [-0.39, 0.29) is 12.6 Å². The highest BCUT2D eigenvalue weighted by Gasteiger charge is 2.17. The number of hydrogen-bond donors (Lipinski definition) is 3. The highest BCUT2D eigenvalue weighted by molar-refractivity contribution is 5.94. The zero-order valence-corrected chi connectivity index (χ0v) is 10.5. The number of benzene rings is 1. The Morgan fingerprint density at radius 3 is 2.95 bits per heavy atom. The van der Waals surface area contributed by atoms with E-state index in [2.05, 4.69) is 0 Å². The van der Waals surface area contributed by atoms with Crippen LogP contribution < -0.4 is 21.5 Å². The van der Waals surface area contributed by atoms with Gasteiger partial charge in [0.15, 0.2) is 6.61 Å². The van der Waals surface area contributed by atoms with Crippen molar-refractivity contribution in [1.82, 2.24) is 5.32 Å². The van der Waals surface area contributed by atoms with Crippen molar-refractivity contribution in [3.8, 4) is 5.75 Å². The lowest BCUT2D eigenvalue weighted by molar-refractivity contribution is -0.121. The average molecular weight is 263 g/mol. The van der Waals surface area contributed by atoms with Crippen LogP contribution in [0.1, 0.15) is 30.0 Å². The number of aryl methyl sites for hydroxylation is 1. The first kappa shape index (κ1) is 13.4. The van der Waals surface area contributed by atoms with Crippen LogP contribution in [0, 0.1) is 0 Å². The first-order valence-electron chi connectivity index (χ1n) is 6.17. The number of amides is 3. The fourth-order valence-corrected chi connectivity index (χ4v) is 2.23. The SMILES string of the molecule is NC(=O)NC(=O)COc1ccc2c(c1)C(N)CCC2. The number of fused-ring (bicyclic) bond motifs is 1. The molecule has 1 aliphatic rings. The van der Waals surface area contributed by atoms with Crippen LogP contribution in [0.2, 0.25) is 0 Å². The van der Waals surface area contributed by atoms with Crippen molar-refractivity contribution in [3.05, 3.63) is 29.3 Å². The summed E-state index contributed by atoms with van der Waals surface area (Å²) in [7, 11) is 0. The van der Waals surface area contributed by atoms with E-state index in [9.17, 15) is 9.59 Å². The minimum atomic E-state index is -0.888. The molecule has 0 heterocycles. The Bertz CT molecular complexity index is 502. The van der Waals surface area contributed by atoms with Crippen molar-refractivity contribution >= 4 is 11.9 Å². The van der Waals surface area contributed by atoms with Crippen LogP contribution in [-0.4, -0.2) is 18.5 Å². The lowest BCUT2D eigenvalue weighted by atomic mass is 9.88. The molecule has 19 heavy (non-hydrogen) atoms. The fourth-order valence-electron chi connectivity index (χ4n) is 2.23. The minimum absolute atomic E-state index is 0.0201. The molecular weight excluding hydrogens is 246 g/mol. The quantitative estimate of drug-likeness (QED) is 0.742. The summed E-state index contributed by atoms with van der Waals surface area (Å²) in [6, 6.07) is 4.76. The Labute approximate surface area is 111 Å². The Balaban J connectivity index is 2.00. The summed E-state index contributed by atoms with van der Waals surface area (Å²) in [4.78, 5) is 21.7. The van der Waals surface area contributed by atoms with Crippen molar-refractivity contribution < 1.29 is 14.3 Å². The Morgan fingerprint density at radius 2 is 2.21 bits per heavy atom. The number of nitrogens with two attached hydrogens (primary N) is 2. The number of carbonyl (C=O) groups is 2. The summed E-state index contributed by atoms with van der Waals surface area (Å²) in [6.07, 6.45) is 3.07. The van der Waals surface area contributed by atoms with E-state index in [4.69, 9.17) is 16.2 Å². The van der Waals surface area contributed by atoms with Crippen LogP contribution in [0.5, 0.6) is 5.75 Å². The molecule has 0 spiro atoms. The monoisotopic (exact) mass is 263 g/mol. The number of ether oxygens (including phenoxy) is 1. The Hall–Kier alpha value is -2.08. The lowest BCUT2D eigenvalue weighted by Crippen LogP contribution is -2.38. The maximum atomic E-state index is 11.2. The Kier molecular flexibility index (Phi) is 4.01. The number of nitrogens with one attached hydrogen (secondary N) is 1. The molecule has 0 bridgehead atoms. The first-order valence-corrected chi connectivity index (χ1v) is 6.17. The number of hydrogen-bond acceptors (Lipinski definition) is 4. The van der Waals surface area contributed by atoms with Gasteiger partial charge < -0.3 is 16.2 Å². The molecule has 0 radical (unpaired) electrons. The number of imide groups is 1. The van der Waals surface area contributed by atoms with Crippen molar-refractivity contribution in [3.63, 3.8) is 0 Å². The molecule has 0 saturated heterocycles. The topological polar surface area (TPSA) is 107 Å². The van der Waals surface area contributed by atoms with Gasteiger partial charge in [-0.05, 0) is 42.5 Å². The van der Waals surface area contributed by atoms with Crippen molar-refractivity contribution in [2.75, 3.05) is 6.61 Å². The Morgan fingerprint density at radius 1 is 1.42 bits per heavy atom. The normalized spacial score (nSPS) is 17.4. The maximum Gasteiger partial charge on any atom is 0.318 e. The van der Waals surface area contributed by atoms with Crippen LogP contribution in [-0.2, 0) is 11.2 Å². The fraction of sp³-hybridized carbons (Fsp3) is 0.385. The molecule has 0 aliphatic heterocycles. The van der Waals surface area contributed by atoms with Gasteiger partial charge in [0, 0.05) is 6.04 Å². The van der Waals surface area contributed by atoms with Gasteiger partial charge in [-0.2, -0.15) is 0 Å². The molecule has 1 aliphatic carbocycles. The molecule has 6 heteroatoms. The summed E-state index contributed by atoms with van der Waals surface area (Å²) in [5.41, 5.74) is 13.2. The number of carbonyl (C=O) groups excluding carboxylic acids is 2. The largest absolute Gasteiger partial charge is 0.484 e. The van der Waals surface area contributed by atoms with Crippen LogP contribution in [0.3, 0.4) is 0 Å². The molecule has 102 valence electrons. The van der Waals surface area contributed by atoms with Gasteiger partial charge in [-0.3, -0.25) is 10.1 Å². The van der Waals surface area contributed by atoms with Gasteiger partial charge in [0.2, 0.25) is 0 Å². The van der Waals surface area contributed by atoms with Gasteiger partial charge in [0.25, 0.3) is 5.91 Å². The molecular formula is C13H17N3O3.